The zero-order valence-corrected chi connectivity index (χ0v) is 22.6. The van der Waals surface area contributed by atoms with Crippen molar-refractivity contribution in [3.63, 3.8) is 0 Å². The number of aryl methyl sites for hydroxylation is 2. The number of unbranched alkanes of at least 4 members (excludes halogenated alkanes) is 6. The maximum Gasteiger partial charge on any atom is 0.0474 e. The van der Waals surface area contributed by atoms with Gasteiger partial charge in [0.1, 0.15) is 0 Å². The monoisotopic (exact) mass is 510 g/mol. The van der Waals surface area contributed by atoms with Crippen molar-refractivity contribution in [3.05, 3.63) is 58.3 Å². The Morgan fingerprint density at radius 1 is 0.562 bits per heavy atom. The van der Waals surface area contributed by atoms with Crippen LogP contribution in [0.4, 0.5) is 0 Å². The summed E-state index contributed by atoms with van der Waals surface area (Å²) in [4.78, 5) is 8.65. The third-order valence-corrected chi connectivity index (χ3v) is 10.6. The highest BCUT2D eigenvalue weighted by Gasteiger charge is 2.14. The van der Waals surface area contributed by atoms with Gasteiger partial charge in [-0.2, -0.15) is 0 Å². The summed E-state index contributed by atoms with van der Waals surface area (Å²) in [5.41, 5.74) is 3.08. The van der Waals surface area contributed by atoms with Crippen LogP contribution in [0.1, 0.15) is 82.3 Å². The second kappa shape index (κ2) is 12.3. The molecule has 0 unspecified atom stereocenters. The molecule has 0 radical (unpaired) electrons. The Kier molecular flexibility index (Phi) is 8.21. The Morgan fingerprint density at radius 2 is 1.00 bits per heavy atom. The molecule has 0 aliphatic carbocycles. The van der Waals surface area contributed by atoms with Crippen LogP contribution >= 0.6 is 45.3 Å². The third-order valence-electron chi connectivity index (χ3n) is 6.00. The van der Waals surface area contributed by atoms with E-state index in [4.69, 9.17) is 5.94 Å². The quantitative estimate of drug-likeness (QED) is 0.157. The van der Waals surface area contributed by atoms with E-state index >= 15 is 0 Å². The van der Waals surface area contributed by atoms with E-state index in [9.17, 15) is 0 Å². The average Bonchev–Trinajstić information content (AvgIpc) is 3.73. The zero-order valence-electron chi connectivity index (χ0n) is 23.3. The van der Waals surface area contributed by atoms with Gasteiger partial charge in [-0.3, -0.25) is 0 Å². The largest absolute Gasteiger partial charge is 0.143 e. The first-order valence-corrected chi connectivity index (χ1v) is 15.5. The van der Waals surface area contributed by atoms with Crippen molar-refractivity contribution in [3.8, 4) is 29.3 Å². The summed E-state index contributed by atoms with van der Waals surface area (Å²) in [7, 11) is 0. The van der Waals surface area contributed by atoms with Crippen LogP contribution in [0.2, 0.25) is 0 Å². The lowest BCUT2D eigenvalue weighted by molar-refractivity contribution is 0.668. The fraction of sp³-hybridized carbons (Fsp3) is 0.429. The van der Waals surface area contributed by atoms with E-state index in [1.54, 1.807) is 0 Å². The molecule has 0 nitrogen and oxygen atoms in total. The van der Waals surface area contributed by atoms with Crippen LogP contribution in [0, 0.1) is 0 Å². The predicted molar refractivity (Wildman–Crippen MR) is 154 cm³/mol. The summed E-state index contributed by atoms with van der Waals surface area (Å²) >= 11 is 7.73. The fourth-order valence-corrected chi connectivity index (χ4v) is 8.51. The number of hydrogen-bond donors (Lipinski definition) is 0. The molecule has 32 heavy (non-hydrogen) atoms. The average molecular weight is 511 g/mol. The molecule has 174 valence electrons. The highest BCUT2D eigenvalue weighted by Crippen LogP contribution is 2.44. The standard InChI is InChI=1S/C28H34S4.2H2/c1-3-5-7-9-11-21-17-19-29-27(21)25-15-13-23(31-25)24-14-16-26(32-24)28-22(18-20-30-28)12-10-8-6-4-2;;/h13-20H,3-12H2,1-2H3;2*1H/i;2*1+2T. The Bertz CT molecular complexity index is 1010. The summed E-state index contributed by atoms with van der Waals surface area (Å²) in [6.07, 6.45) is 13.1. The molecular weight excluding hydrogens is 465 g/mol. The van der Waals surface area contributed by atoms with Crippen LogP contribution < -0.4 is 0 Å². The minimum Gasteiger partial charge on any atom is -0.143 e. The Labute approximate surface area is 216 Å². The molecule has 0 aliphatic heterocycles. The molecule has 0 amide bonds. The number of hydrogen-bond acceptors (Lipinski definition) is 4. The van der Waals surface area contributed by atoms with Crippen LogP contribution in [0.25, 0.3) is 29.3 Å². The molecule has 0 saturated carbocycles. The molecule has 0 spiro atoms. The Balaban J connectivity index is 0.00000109. The molecule has 4 rings (SSSR count). The van der Waals surface area contributed by atoms with Crippen LogP contribution in [-0.4, -0.2) is 0 Å². The SMILES string of the molecule is CCCCCCc1ccsc1-c1ccc(-c2ccc(-c3sccc3CCCCCC)s2)s1.[3H][3H].[3H][3H]. The maximum absolute atomic E-state index is 5.00. The van der Waals surface area contributed by atoms with Crippen molar-refractivity contribution in [2.45, 2.75) is 78.1 Å². The van der Waals surface area contributed by atoms with E-state index in [1.165, 1.54) is 105 Å². The molecule has 0 aliphatic rings. The van der Waals surface area contributed by atoms with Gasteiger partial charge in [0.2, 0.25) is 0 Å². The lowest BCUT2D eigenvalue weighted by Crippen LogP contribution is -1.85. The second-order valence-corrected chi connectivity index (χ2v) is 12.5. The van der Waals surface area contributed by atoms with Crippen LogP contribution in [0.3, 0.4) is 0 Å². The molecule has 4 aromatic heterocycles. The van der Waals surface area contributed by atoms with Gasteiger partial charge in [0.25, 0.3) is 0 Å². The van der Waals surface area contributed by atoms with Gasteiger partial charge in [0.05, 0.1) is 0 Å². The minimum atomic E-state index is 1.22. The van der Waals surface area contributed by atoms with Gasteiger partial charge in [-0.25, -0.2) is 0 Å². The van der Waals surface area contributed by atoms with E-state index in [2.05, 4.69) is 61.0 Å². The first-order chi connectivity index (χ1) is 17.8. The smallest absolute Gasteiger partial charge is 0.0474 e. The summed E-state index contributed by atoms with van der Waals surface area (Å²) in [5.74, 6) is 0. The number of rotatable bonds is 13. The Hall–Kier alpha value is -1.20. The molecule has 0 fully saturated rings. The molecule has 0 N–H and O–H groups in total. The first-order valence-electron chi connectivity index (χ1n) is 14.1. The van der Waals surface area contributed by atoms with E-state index in [0.29, 0.717) is 0 Å². The van der Waals surface area contributed by atoms with Gasteiger partial charge >= 0.3 is 0 Å². The molecule has 0 saturated heterocycles. The molecule has 0 atom stereocenters. The summed E-state index contributed by atoms with van der Waals surface area (Å²) in [6.45, 7) is 4.57. The molecular formula is C28H38S4. The van der Waals surface area contributed by atoms with Crippen molar-refractivity contribution in [1.82, 2.24) is 0 Å². The van der Waals surface area contributed by atoms with Crippen LogP contribution in [0.15, 0.2) is 47.2 Å². The lowest BCUT2D eigenvalue weighted by atomic mass is 10.1. The third kappa shape index (κ3) is 6.02. The summed E-state index contributed by atoms with van der Waals surface area (Å²) in [5, 5.41) is 4.54. The van der Waals surface area contributed by atoms with Crippen LogP contribution in [0.5, 0.6) is 0 Å². The molecule has 0 aromatic carbocycles. The van der Waals surface area contributed by atoms with E-state index < -0.39 is 0 Å². The van der Waals surface area contributed by atoms with Crippen molar-refractivity contribution in [1.29, 1.82) is 0 Å². The molecule has 4 heteroatoms. The summed E-state index contributed by atoms with van der Waals surface area (Å²) < 4.78 is 20.0. The maximum atomic E-state index is 5.00. The minimum absolute atomic E-state index is 1.22. The van der Waals surface area contributed by atoms with Gasteiger partial charge in [0, 0.05) is 35.2 Å². The van der Waals surface area contributed by atoms with E-state index in [1.807, 2.05) is 45.3 Å². The zero-order chi connectivity index (χ0) is 26.2. The normalized spacial score (nSPS) is 11.9. The Morgan fingerprint density at radius 3 is 1.44 bits per heavy atom. The fourth-order valence-electron chi connectivity index (χ4n) is 4.17. The van der Waals surface area contributed by atoms with Gasteiger partial charge in [-0.1, -0.05) is 52.4 Å². The molecule has 4 aromatic rings. The van der Waals surface area contributed by atoms with Crippen molar-refractivity contribution >= 4 is 45.3 Å². The molecule has 0 bridgehead atoms. The topological polar surface area (TPSA) is 0 Å². The lowest BCUT2D eigenvalue weighted by Gasteiger charge is -2.02. The van der Waals surface area contributed by atoms with Gasteiger partial charge in [-0.15, -0.1) is 45.3 Å². The van der Waals surface area contributed by atoms with Crippen molar-refractivity contribution in [2.75, 3.05) is 0 Å². The first kappa shape index (κ1) is 21.3. The van der Waals surface area contributed by atoms with Crippen LogP contribution in [-0.2, 0) is 12.8 Å². The molecule has 4 heterocycles. The van der Waals surface area contributed by atoms with E-state index in [-0.39, 0.29) is 0 Å². The highest BCUT2D eigenvalue weighted by atomic mass is 32.1. The second-order valence-electron chi connectivity index (χ2n) is 8.50. The van der Waals surface area contributed by atoms with Gasteiger partial charge in [-0.05, 0) is 84.0 Å². The summed E-state index contributed by atoms with van der Waals surface area (Å²) in [6, 6.07) is 14.0. The number of thiophene rings is 4. The van der Waals surface area contributed by atoms with Gasteiger partial charge < -0.3 is 0 Å². The predicted octanol–water partition coefficient (Wildman–Crippen LogP) is 11.7. The van der Waals surface area contributed by atoms with Crippen molar-refractivity contribution in [2.24, 2.45) is 0 Å². The van der Waals surface area contributed by atoms with E-state index in [0.717, 1.165) is 0 Å². The van der Waals surface area contributed by atoms with Gasteiger partial charge in [0.15, 0.2) is 0 Å². The van der Waals surface area contributed by atoms with Crippen molar-refractivity contribution < 1.29 is 5.94 Å². The highest BCUT2D eigenvalue weighted by molar-refractivity contribution is 7.28.